The standard InChI is InChI=1S/C17H26O/c1-3-4-5-6-8-15(2)9-7-10-16-11-13-17(18)14-12-16/h7,10-15,18H,3-6,8-9H2,1-2H3/b10-7+. The lowest BCUT2D eigenvalue weighted by atomic mass is 9.99. The summed E-state index contributed by atoms with van der Waals surface area (Å²) in [6, 6.07) is 7.34. The van der Waals surface area contributed by atoms with E-state index in [0.29, 0.717) is 5.75 Å². The van der Waals surface area contributed by atoms with Crippen molar-refractivity contribution in [3.63, 3.8) is 0 Å². The SMILES string of the molecule is CCCCCCC(C)C/C=C/c1ccc(O)cc1. The highest BCUT2D eigenvalue weighted by Crippen LogP contribution is 2.16. The molecule has 0 aliphatic heterocycles. The van der Waals surface area contributed by atoms with Gasteiger partial charge in [0.05, 0.1) is 0 Å². The first-order valence-electron chi connectivity index (χ1n) is 7.18. The van der Waals surface area contributed by atoms with Crippen LogP contribution in [0, 0.1) is 5.92 Å². The van der Waals surface area contributed by atoms with Crippen molar-refractivity contribution in [3.8, 4) is 5.75 Å². The highest BCUT2D eigenvalue weighted by Gasteiger charge is 1.99. The van der Waals surface area contributed by atoms with E-state index in [2.05, 4.69) is 26.0 Å². The van der Waals surface area contributed by atoms with Gasteiger partial charge in [0.1, 0.15) is 5.75 Å². The molecule has 1 aromatic carbocycles. The summed E-state index contributed by atoms with van der Waals surface area (Å²) < 4.78 is 0. The van der Waals surface area contributed by atoms with Crippen LogP contribution >= 0.6 is 0 Å². The number of phenolic OH excluding ortho intramolecular Hbond substituents is 1. The van der Waals surface area contributed by atoms with Gasteiger partial charge in [0.2, 0.25) is 0 Å². The van der Waals surface area contributed by atoms with E-state index in [9.17, 15) is 5.11 Å². The molecule has 1 aromatic rings. The zero-order valence-corrected chi connectivity index (χ0v) is 11.7. The Morgan fingerprint density at radius 3 is 2.50 bits per heavy atom. The molecule has 1 N–H and O–H groups in total. The zero-order chi connectivity index (χ0) is 13.2. The van der Waals surface area contributed by atoms with Crippen molar-refractivity contribution in [2.45, 2.75) is 52.4 Å². The van der Waals surface area contributed by atoms with Crippen LogP contribution in [-0.2, 0) is 0 Å². The third-order valence-corrected chi connectivity index (χ3v) is 3.29. The van der Waals surface area contributed by atoms with Crippen LogP contribution in [0.25, 0.3) is 6.08 Å². The summed E-state index contributed by atoms with van der Waals surface area (Å²) in [6.07, 6.45) is 12.3. The Kier molecular flexibility index (Phi) is 7.24. The lowest BCUT2D eigenvalue weighted by Gasteiger charge is -2.07. The smallest absolute Gasteiger partial charge is 0.115 e. The van der Waals surface area contributed by atoms with Gasteiger partial charge in [-0.3, -0.25) is 0 Å². The number of aromatic hydroxyl groups is 1. The fourth-order valence-corrected chi connectivity index (χ4v) is 2.06. The minimum Gasteiger partial charge on any atom is -0.508 e. The van der Waals surface area contributed by atoms with E-state index >= 15 is 0 Å². The first-order chi connectivity index (χ1) is 8.72. The highest BCUT2D eigenvalue weighted by atomic mass is 16.3. The Morgan fingerprint density at radius 2 is 1.83 bits per heavy atom. The Morgan fingerprint density at radius 1 is 1.11 bits per heavy atom. The minimum atomic E-state index is 0.330. The van der Waals surface area contributed by atoms with Gasteiger partial charge in [0, 0.05) is 0 Å². The maximum absolute atomic E-state index is 9.19. The van der Waals surface area contributed by atoms with Gasteiger partial charge in [-0.05, 0) is 30.0 Å². The van der Waals surface area contributed by atoms with E-state index in [0.717, 1.165) is 17.9 Å². The van der Waals surface area contributed by atoms with E-state index in [1.54, 1.807) is 12.1 Å². The maximum Gasteiger partial charge on any atom is 0.115 e. The molecule has 0 saturated carbocycles. The van der Waals surface area contributed by atoms with Gasteiger partial charge in [-0.2, -0.15) is 0 Å². The summed E-state index contributed by atoms with van der Waals surface area (Å²) >= 11 is 0. The Labute approximate surface area is 112 Å². The van der Waals surface area contributed by atoms with Gasteiger partial charge in [0.15, 0.2) is 0 Å². The highest BCUT2D eigenvalue weighted by molar-refractivity contribution is 5.50. The van der Waals surface area contributed by atoms with Crippen molar-refractivity contribution < 1.29 is 5.11 Å². The van der Waals surface area contributed by atoms with E-state index in [1.807, 2.05) is 12.1 Å². The molecule has 0 aliphatic rings. The summed E-state index contributed by atoms with van der Waals surface area (Å²) in [7, 11) is 0. The molecule has 0 amide bonds. The first kappa shape index (κ1) is 14.8. The van der Waals surface area contributed by atoms with Crippen molar-refractivity contribution in [1.82, 2.24) is 0 Å². The van der Waals surface area contributed by atoms with Crippen LogP contribution in [0.3, 0.4) is 0 Å². The fraction of sp³-hybridized carbons (Fsp3) is 0.529. The predicted octanol–water partition coefficient (Wildman–Crippen LogP) is 5.40. The van der Waals surface area contributed by atoms with Crippen LogP contribution in [0.5, 0.6) is 5.75 Å². The maximum atomic E-state index is 9.19. The van der Waals surface area contributed by atoms with Gasteiger partial charge in [-0.15, -0.1) is 0 Å². The van der Waals surface area contributed by atoms with Crippen molar-refractivity contribution in [3.05, 3.63) is 35.9 Å². The Balaban J connectivity index is 2.21. The molecular formula is C17H26O. The van der Waals surface area contributed by atoms with Crippen LogP contribution in [0.15, 0.2) is 30.3 Å². The van der Waals surface area contributed by atoms with Gasteiger partial charge in [0.25, 0.3) is 0 Å². The molecular weight excluding hydrogens is 220 g/mol. The number of allylic oxidation sites excluding steroid dienone is 1. The predicted molar refractivity (Wildman–Crippen MR) is 79.7 cm³/mol. The molecule has 0 fully saturated rings. The van der Waals surface area contributed by atoms with Crippen LogP contribution < -0.4 is 0 Å². The van der Waals surface area contributed by atoms with Crippen molar-refractivity contribution in [1.29, 1.82) is 0 Å². The quantitative estimate of drug-likeness (QED) is 0.609. The minimum absolute atomic E-state index is 0.330. The molecule has 1 unspecified atom stereocenters. The number of hydrogen-bond donors (Lipinski definition) is 1. The number of rotatable bonds is 8. The molecule has 0 aliphatic carbocycles. The molecule has 1 nitrogen and oxygen atoms in total. The fourth-order valence-electron chi connectivity index (χ4n) is 2.06. The molecule has 0 saturated heterocycles. The Bertz CT molecular complexity index is 337. The Hall–Kier alpha value is -1.24. The number of phenols is 1. The van der Waals surface area contributed by atoms with Gasteiger partial charge in [-0.25, -0.2) is 0 Å². The molecule has 1 heteroatoms. The van der Waals surface area contributed by atoms with Crippen LogP contribution in [0.2, 0.25) is 0 Å². The van der Waals surface area contributed by atoms with Gasteiger partial charge >= 0.3 is 0 Å². The van der Waals surface area contributed by atoms with E-state index in [4.69, 9.17) is 0 Å². The lowest BCUT2D eigenvalue weighted by Crippen LogP contribution is -1.92. The monoisotopic (exact) mass is 246 g/mol. The van der Waals surface area contributed by atoms with Gasteiger partial charge in [-0.1, -0.05) is 70.2 Å². The van der Waals surface area contributed by atoms with Gasteiger partial charge < -0.3 is 5.11 Å². The molecule has 0 bridgehead atoms. The average Bonchev–Trinajstić information content (AvgIpc) is 2.37. The normalized spacial score (nSPS) is 13.0. The summed E-state index contributed by atoms with van der Waals surface area (Å²) in [5, 5.41) is 9.19. The first-order valence-corrected chi connectivity index (χ1v) is 7.18. The summed E-state index contributed by atoms with van der Waals surface area (Å²) in [4.78, 5) is 0. The average molecular weight is 246 g/mol. The largest absolute Gasteiger partial charge is 0.508 e. The zero-order valence-electron chi connectivity index (χ0n) is 11.7. The lowest BCUT2D eigenvalue weighted by molar-refractivity contribution is 0.475. The van der Waals surface area contributed by atoms with Crippen molar-refractivity contribution in [2.24, 2.45) is 5.92 Å². The molecule has 0 heterocycles. The van der Waals surface area contributed by atoms with E-state index in [1.165, 1.54) is 32.1 Å². The topological polar surface area (TPSA) is 20.2 Å². The van der Waals surface area contributed by atoms with Crippen molar-refractivity contribution >= 4 is 6.08 Å². The van der Waals surface area contributed by atoms with E-state index in [-0.39, 0.29) is 0 Å². The number of hydrogen-bond acceptors (Lipinski definition) is 1. The molecule has 0 radical (unpaired) electrons. The summed E-state index contributed by atoms with van der Waals surface area (Å²) in [5.41, 5.74) is 1.16. The second-order valence-corrected chi connectivity index (χ2v) is 5.18. The third-order valence-electron chi connectivity index (χ3n) is 3.29. The molecule has 0 spiro atoms. The van der Waals surface area contributed by atoms with Crippen molar-refractivity contribution in [2.75, 3.05) is 0 Å². The van der Waals surface area contributed by atoms with Crippen LogP contribution in [0.4, 0.5) is 0 Å². The molecule has 0 aromatic heterocycles. The van der Waals surface area contributed by atoms with Crippen LogP contribution in [0.1, 0.15) is 57.9 Å². The summed E-state index contributed by atoms with van der Waals surface area (Å²) in [5.74, 6) is 1.10. The molecule has 100 valence electrons. The van der Waals surface area contributed by atoms with E-state index < -0.39 is 0 Å². The van der Waals surface area contributed by atoms with Crippen LogP contribution in [-0.4, -0.2) is 5.11 Å². The molecule has 1 rings (SSSR count). The summed E-state index contributed by atoms with van der Waals surface area (Å²) in [6.45, 7) is 4.58. The number of benzene rings is 1. The second-order valence-electron chi connectivity index (χ2n) is 5.18. The molecule has 18 heavy (non-hydrogen) atoms. The third kappa shape index (κ3) is 6.48. The number of unbranched alkanes of at least 4 members (excludes halogenated alkanes) is 3. The second kappa shape index (κ2) is 8.79. The molecule has 1 atom stereocenters.